The molecular formula is C18H24O3S. The van der Waals surface area contributed by atoms with Gasteiger partial charge in [-0.2, -0.15) is 0 Å². The molecule has 4 heteroatoms. The molecule has 0 heterocycles. The van der Waals surface area contributed by atoms with E-state index in [9.17, 15) is 9.00 Å². The van der Waals surface area contributed by atoms with Crippen molar-refractivity contribution in [2.45, 2.75) is 44.9 Å². The maximum absolute atomic E-state index is 13.0. The molecule has 1 aromatic rings. The summed E-state index contributed by atoms with van der Waals surface area (Å²) in [4.78, 5) is 13.3. The van der Waals surface area contributed by atoms with Crippen molar-refractivity contribution in [2.75, 3.05) is 7.11 Å². The first-order valence-electron chi connectivity index (χ1n) is 7.60. The van der Waals surface area contributed by atoms with E-state index in [-0.39, 0.29) is 17.3 Å². The van der Waals surface area contributed by atoms with E-state index in [1.807, 2.05) is 31.2 Å². The molecule has 0 unspecified atom stereocenters. The highest BCUT2D eigenvalue weighted by molar-refractivity contribution is 7.89. The van der Waals surface area contributed by atoms with Gasteiger partial charge in [-0.05, 0) is 37.3 Å². The molecule has 0 fully saturated rings. The number of allylic oxidation sites excluding steroid dienone is 2. The van der Waals surface area contributed by atoms with Gasteiger partial charge in [-0.25, -0.2) is 4.21 Å². The predicted molar refractivity (Wildman–Crippen MR) is 88.8 cm³/mol. The van der Waals surface area contributed by atoms with Crippen LogP contribution in [0.5, 0.6) is 0 Å². The van der Waals surface area contributed by atoms with Crippen LogP contribution in [0.3, 0.4) is 0 Å². The van der Waals surface area contributed by atoms with Crippen molar-refractivity contribution in [2.24, 2.45) is 11.3 Å². The minimum atomic E-state index is -1.22. The molecule has 1 aliphatic carbocycles. The van der Waals surface area contributed by atoms with E-state index in [4.69, 9.17) is 4.74 Å². The Labute approximate surface area is 135 Å². The van der Waals surface area contributed by atoms with Gasteiger partial charge in [0.05, 0.1) is 24.3 Å². The summed E-state index contributed by atoms with van der Waals surface area (Å²) in [6, 6.07) is 7.75. The zero-order chi connectivity index (χ0) is 16.3. The van der Waals surface area contributed by atoms with Crippen molar-refractivity contribution in [1.29, 1.82) is 0 Å². The molecular weight excluding hydrogens is 296 g/mol. The summed E-state index contributed by atoms with van der Waals surface area (Å²) in [5, 5.41) is 0. The smallest absolute Gasteiger partial charge is 0.306 e. The van der Waals surface area contributed by atoms with Gasteiger partial charge < -0.3 is 4.74 Å². The van der Waals surface area contributed by atoms with Crippen molar-refractivity contribution in [3.63, 3.8) is 0 Å². The molecule has 0 amide bonds. The molecule has 0 radical (unpaired) electrons. The summed E-state index contributed by atoms with van der Waals surface area (Å²) in [5.74, 6) is -0.237. The minimum absolute atomic E-state index is 0.00242. The SMILES string of the molecule is COC(=O)C[C@@H]1CCC(C)(C)C=C1[S@@](=O)c1ccc(C)cc1. The highest BCUT2D eigenvalue weighted by Gasteiger charge is 2.32. The van der Waals surface area contributed by atoms with Crippen molar-refractivity contribution in [3.05, 3.63) is 40.8 Å². The van der Waals surface area contributed by atoms with Crippen molar-refractivity contribution in [1.82, 2.24) is 0 Å². The van der Waals surface area contributed by atoms with Crippen LogP contribution in [0.15, 0.2) is 40.1 Å². The molecule has 0 bridgehead atoms. The lowest BCUT2D eigenvalue weighted by molar-refractivity contribution is -0.141. The Bertz CT molecular complexity index is 599. The number of benzene rings is 1. The largest absolute Gasteiger partial charge is 0.469 e. The van der Waals surface area contributed by atoms with Crippen LogP contribution in [0.4, 0.5) is 0 Å². The van der Waals surface area contributed by atoms with Crippen LogP contribution in [0.25, 0.3) is 0 Å². The van der Waals surface area contributed by atoms with Gasteiger partial charge in [-0.3, -0.25) is 4.79 Å². The van der Waals surface area contributed by atoms with Crippen LogP contribution in [0.1, 0.15) is 38.7 Å². The molecule has 3 nitrogen and oxygen atoms in total. The highest BCUT2D eigenvalue weighted by atomic mass is 32.2. The summed E-state index contributed by atoms with van der Waals surface area (Å²) in [6.45, 7) is 6.30. The van der Waals surface area contributed by atoms with Crippen molar-refractivity contribution < 1.29 is 13.7 Å². The number of esters is 1. The second-order valence-electron chi connectivity index (χ2n) is 6.63. The summed E-state index contributed by atoms with van der Waals surface area (Å²) < 4.78 is 17.8. The molecule has 0 aliphatic heterocycles. The van der Waals surface area contributed by atoms with Gasteiger partial charge in [0.2, 0.25) is 0 Å². The molecule has 0 N–H and O–H groups in total. The quantitative estimate of drug-likeness (QED) is 0.788. The van der Waals surface area contributed by atoms with Gasteiger partial charge in [-0.1, -0.05) is 37.6 Å². The number of carbonyl (C=O) groups is 1. The summed E-state index contributed by atoms with van der Waals surface area (Å²) in [7, 11) is 0.178. The predicted octanol–water partition coefficient (Wildman–Crippen LogP) is 3.99. The van der Waals surface area contributed by atoms with E-state index in [2.05, 4.69) is 19.9 Å². The standard InChI is InChI=1S/C18H24O3S/c1-13-5-7-15(8-6-13)22(20)16-12-18(2,3)10-9-14(16)11-17(19)21-4/h5-8,12,14H,9-11H2,1-4H3/t14-,22-/m0/s1. The van der Waals surface area contributed by atoms with Crippen molar-refractivity contribution in [3.8, 4) is 0 Å². The lowest BCUT2D eigenvalue weighted by Crippen LogP contribution is -2.24. The molecule has 1 aliphatic rings. The van der Waals surface area contributed by atoms with Gasteiger partial charge >= 0.3 is 5.97 Å². The van der Waals surface area contributed by atoms with Crippen LogP contribution in [0, 0.1) is 18.3 Å². The fourth-order valence-corrected chi connectivity index (χ4v) is 4.34. The fraction of sp³-hybridized carbons (Fsp3) is 0.500. The zero-order valence-electron chi connectivity index (χ0n) is 13.7. The van der Waals surface area contributed by atoms with E-state index >= 15 is 0 Å². The van der Waals surface area contributed by atoms with Gasteiger partial charge in [-0.15, -0.1) is 0 Å². The topological polar surface area (TPSA) is 43.4 Å². The number of hydrogen-bond donors (Lipinski definition) is 0. The minimum Gasteiger partial charge on any atom is -0.469 e. The van der Waals surface area contributed by atoms with Gasteiger partial charge in [0.25, 0.3) is 0 Å². The molecule has 22 heavy (non-hydrogen) atoms. The Morgan fingerprint density at radius 3 is 2.55 bits per heavy atom. The maximum atomic E-state index is 13.0. The van der Waals surface area contributed by atoms with Gasteiger partial charge in [0, 0.05) is 15.7 Å². The molecule has 0 aromatic heterocycles. The first-order chi connectivity index (χ1) is 10.3. The maximum Gasteiger partial charge on any atom is 0.306 e. The summed E-state index contributed by atoms with van der Waals surface area (Å²) >= 11 is 0. The molecule has 1 aromatic carbocycles. The van der Waals surface area contributed by atoms with E-state index in [0.717, 1.165) is 28.2 Å². The Kier molecular flexibility index (Phi) is 5.22. The Morgan fingerprint density at radius 1 is 1.32 bits per heavy atom. The monoisotopic (exact) mass is 320 g/mol. The molecule has 0 saturated heterocycles. The van der Waals surface area contributed by atoms with Crippen molar-refractivity contribution >= 4 is 16.8 Å². The second-order valence-corrected chi connectivity index (χ2v) is 8.11. The van der Waals surface area contributed by atoms with E-state index in [1.54, 1.807) is 0 Å². The normalized spacial score (nSPS) is 21.8. The van der Waals surface area contributed by atoms with Gasteiger partial charge in [0.15, 0.2) is 0 Å². The Balaban J connectivity index is 2.32. The van der Waals surface area contributed by atoms with Crippen LogP contribution < -0.4 is 0 Å². The van der Waals surface area contributed by atoms with E-state index < -0.39 is 10.8 Å². The molecule has 2 rings (SSSR count). The lowest BCUT2D eigenvalue weighted by Gasteiger charge is -2.32. The summed E-state index contributed by atoms with van der Waals surface area (Å²) in [5.41, 5.74) is 1.16. The third-order valence-corrected chi connectivity index (χ3v) is 5.74. The average molecular weight is 320 g/mol. The van der Waals surface area contributed by atoms with Crippen LogP contribution in [-0.4, -0.2) is 17.3 Å². The number of hydrogen-bond acceptors (Lipinski definition) is 3. The Morgan fingerprint density at radius 2 is 1.95 bits per heavy atom. The van der Waals surface area contributed by atoms with Crippen LogP contribution >= 0.6 is 0 Å². The molecule has 0 spiro atoms. The molecule has 120 valence electrons. The van der Waals surface area contributed by atoms with Gasteiger partial charge in [0.1, 0.15) is 0 Å². The second kappa shape index (κ2) is 6.78. The number of methoxy groups -OCH3 is 1. The molecule has 2 atom stereocenters. The number of rotatable bonds is 4. The summed E-state index contributed by atoms with van der Waals surface area (Å²) in [6.07, 6.45) is 4.25. The number of ether oxygens (including phenoxy) is 1. The fourth-order valence-electron chi connectivity index (χ4n) is 2.75. The Hall–Kier alpha value is -1.42. The van der Waals surface area contributed by atoms with Crippen LogP contribution in [0.2, 0.25) is 0 Å². The number of carbonyl (C=O) groups excluding carboxylic acids is 1. The lowest BCUT2D eigenvalue weighted by atomic mass is 9.78. The highest BCUT2D eigenvalue weighted by Crippen LogP contribution is 2.40. The first kappa shape index (κ1) is 16.9. The van der Waals surface area contributed by atoms with E-state index in [0.29, 0.717) is 6.42 Å². The third-order valence-electron chi connectivity index (χ3n) is 4.16. The molecule has 0 saturated carbocycles. The number of aryl methyl sites for hydroxylation is 1. The first-order valence-corrected chi connectivity index (χ1v) is 8.75. The average Bonchev–Trinajstić information content (AvgIpc) is 2.48. The zero-order valence-corrected chi connectivity index (χ0v) is 14.5. The van der Waals surface area contributed by atoms with E-state index in [1.165, 1.54) is 7.11 Å². The van der Waals surface area contributed by atoms with Crippen LogP contribution in [-0.2, 0) is 20.3 Å². The third kappa shape index (κ3) is 4.07.